The molecule has 8 heteroatoms. The third-order valence-electron chi connectivity index (χ3n) is 3.98. The first-order chi connectivity index (χ1) is 10.5. The maximum Gasteiger partial charge on any atom is 0.387 e. The smallest absolute Gasteiger partial charge is 0.387 e. The predicted molar refractivity (Wildman–Crippen MR) is 85.2 cm³/mol. The van der Waals surface area contributed by atoms with Crippen molar-refractivity contribution in [3.63, 3.8) is 0 Å². The Morgan fingerprint density at radius 2 is 2.09 bits per heavy atom. The average Bonchev–Trinajstić information content (AvgIpc) is 2.50. The van der Waals surface area contributed by atoms with E-state index >= 15 is 0 Å². The van der Waals surface area contributed by atoms with Gasteiger partial charge in [-0.15, -0.1) is 12.4 Å². The topological polar surface area (TPSA) is 73.6 Å². The third-order valence-corrected chi connectivity index (χ3v) is 3.98. The number of nitrogens with one attached hydrogen (secondary N) is 1. The van der Waals surface area contributed by atoms with Crippen LogP contribution in [0.15, 0.2) is 18.2 Å². The van der Waals surface area contributed by atoms with Gasteiger partial charge in [0.1, 0.15) is 5.75 Å². The van der Waals surface area contributed by atoms with Crippen LogP contribution in [0, 0.1) is 12.3 Å². The fraction of sp³-hybridized carbons (Fsp3) is 0.533. The molecule has 1 saturated heterocycles. The van der Waals surface area contributed by atoms with Crippen molar-refractivity contribution in [3.05, 3.63) is 23.8 Å². The van der Waals surface area contributed by atoms with Crippen molar-refractivity contribution in [3.8, 4) is 5.75 Å². The molecule has 0 bridgehead atoms. The number of carbonyl (C=O) groups excluding carboxylic acids is 1. The van der Waals surface area contributed by atoms with Gasteiger partial charge in [0.25, 0.3) is 0 Å². The molecular weight excluding hydrogens is 330 g/mol. The lowest BCUT2D eigenvalue weighted by atomic mass is 9.79. The molecular formula is C15H21ClF2N2O3. The van der Waals surface area contributed by atoms with Crippen LogP contribution in [0.4, 0.5) is 14.5 Å². The Labute approximate surface area is 139 Å². The summed E-state index contributed by atoms with van der Waals surface area (Å²) >= 11 is 0. The van der Waals surface area contributed by atoms with E-state index in [1.807, 2.05) is 0 Å². The van der Waals surface area contributed by atoms with Gasteiger partial charge in [0, 0.05) is 31.5 Å². The quantitative estimate of drug-likeness (QED) is 0.856. The summed E-state index contributed by atoms with van der Waals surface area (Å²) in [5, 5.41) is 2.74. The Morgan fingerprint density at radius 1 is 1.43 bits per heavy atom. The Morgan fingerprint density at radius 3 is 2.65 bits per heavy atom. The normalized spacial score (nSPS) is 16.6. The van der Waals surface area contributed by atoms with Crippen molar-refractivity contribution in [1.29, 1.82) is 0 Å². The van der Waals surface area contributed by atoms with E-state index < -0.39 is 12.0 Å². The van der Waals surface area contributed by atoms with Crippen LogP contribution < -0.4 is 15.8 Å². The monoisotopic (exact) mass is 350 g/mol. The number of ether oxygens (including phenoxy) is 2. The highest BCUT2D eigenvalue weighted by Gasteiger charge is 2.38. The standard InChI is InChI=1S/C15H20F2N2O3.ClH/c1-10-2-3-11(8-12(10)22-14(16)17)19-13(20)15(9-18)4-6-21-7-5-15;/h2-3,8,14H,4-7,9,18H2,1H3,(H,19,20);1H. The Balaban J connectivity index is 0.00000264. The lowest BCUT2D eigenvalue weighted by Gasteiger charge is -2.34. The summed E-state index contributed by atoms with van der Waals surface area (Å²) in [5.74, 6) is -0.174. The van der Waals surface area contributed by atoms with Gasteiger partial charge in [0.05, 0.1) is 5.41 Å². The van der Waals surface area contributed by atoms with Crippen molar-refractivity contribution in [2.24, 2.45) is 11.1 Å². The number of benzene rings is 1. The predicted octanol–water partition coefficient (Wildman–Crippen LogP) is 2.71. The molecule has 23 heavy (non-hydrogen) atoms. The molecule has 130 valence electrons. The summed E-state index contributed by atoms with van der Waals surface area (Å²) in [4.78, 5) is 12.5. The molecule has 1 aromatic rings. The highest BCUT2D eigenvalue weighted by atomic mass is 35.5. The number of carbonyl (C=O) groups is 1. The number of aryl methyl sites for hydroxylation is 1. The van der Waals surface area contributed by atoms with Crippen LogP contribution in [0.3, 0.4) is 0 Å². The molecule has 1 aromatic carbocycles. The van der Waals surface area contributed by atoms with E-state index in [4.69, 9.17) is 10.5 Å². The molecule has 0 atom stereocenters. The van der Waals surface area contributed by atoms with E-state index in [0.29, 0.717) is 37.3 Å². The first-order valence-electron chi connectivity index (χ1n) is 7.11. The van der Waals surface area contributed by atoms with Gasteiger partial charge in [0.15, 0.2) is 0 Å². The van der Waals surface area contributed by atoms with Crippen molar-refractivity contribution in [2.75, 3.05) is 25.1 Å². The van der Waals surface area contributed by atoms with Crippen LogP contribution >= 0.6 is 12.4 Å². The molecule has 0 saturated carbocycles. The van der Waals surface area contributed by atoms with E-state index in [2.05, 4.69) is 10.1 Å². The minimum absolute atomic E-state index is 0. The molecule has 0 aromatic heterocycles. The molecule has 1 heterocycles. The molecule has 0 unspecified atom stereocenters. The molecule has 0 radical (unpaired) electrons. The summed E-state index contributed by atoms with van der Waals surface area (Å²) in [7, 11) is 0. The maximum absolute atomic E-state index is 12.5. The number of amides is 1. The number of rotatable bonds is 5. The van der Waals surface area contributed by atoms with Gasteiger partial charge in [-0.1, -0.05) is 6.07 Å². The van der Waals surface area contributed by atoms with Gasteiger partial charge in [0.2, 0.25) is 5.91 Å². The van der Waals surface area contributed by atoms with Gasteiger partial charge < -0.3 is 20.5 Å². The zero-order chi connectivity index (χ0) is 16.2. The highest BCUT2D eigenvalue weighted by Crippen LogP contribution is 2.32. The molecule has 3 N–H and O–H groups in total. The fourth-order valence-corrected chi connectivity index (χ4v) is 2.45. The van der Waals surface area contributed by atoms with Crippen LogP contribution in [-0.2, 0) is 9.53 Å². The van der Waals surface area contributed by atoms with Crippen molar-refractivity contribution in [1.82, 2.24) is 0 Å². The maximum atomic E-state index is 12.5. The zero-order valence-electron chi connectivity index (χ0n) is 12.8. The molecule has 1 aliphatic heterocycles. The van der Waals surface area contributed by atoms with E-state index in [0.717, 1.165) is 0 Å². The van der Waals surface area contributed by atoms with E-state index in [1.165, 1.54) is 6.07 Å². The van der Waals surface area contributed by atoms with Crippen LogP contribution in [0.25, 0.3) is 0 Å². The second kappa shape index (κ2) is 8.42. The second-order valence-corrected chi connectivity index (χ2v) is 5.41. The number of hydrogen-bond acceptors (Lipinski definition) is 4. The average molecular weight is 351 g/mol. The van der Waals surface area contributed by atoms with Crippen LogP contribution in [0.5, 0.6) is 5.75 Å². The van der Waals surface area contributed by atoms with Crippen LogP contribution in [0.2, 0.25) is 0 Å². The molecule has 1 fully saturated rings. The van der Waals surface area contributed by atoms with E-state index in [9.17, 15) is 13.6 Å². The number of alkyl halides is 2. The summed E-state index contributed by atoms with van der Waals surface area (Å²) in [6.45, 7) is -0.0655. The third kappa shape index (κ3) is 4.76. The van der Waals surface area contributed by atoms with E-state index in [1.54, 1.807) is 19.1 Å². The fourth-order valence-electron chi connectivity index (χ4n) is 2.45. The minimum Gasteiger partial charge on any atom is -0.434 e. The lowest BCUT2D eigenvalue weighted by Crippen LogP contribution is -2.46. The zero-order valence-corrected chi connectivity index (χ0v) is 13.6. The number of anilines is 1. The van der Waals surface area contributed by atoms with Gasteiger partial charge in [-0.3, -0.25) is 4.79 Å². The molecule has 2 rings (SSSR count). The number of halogens is 3. The SMILES string of the molecule is Cc1ccc(NC(=O)C2(CN)CCOCC2)cc1OC(F)F.Cl. The van der Waals surface area contributed by atoms with Crippen LogP contribution in [0.1, 0.15) is 18.4 Å². The largest absolute Gasteiger partial charge is 0.434 e. The van der Waals surface area contributed by atoms with Gasteiger partial charge in [-0.25, -0.2) is 0 Å². The Bertz CT molecular complexity index is 537. The first-order valence-corrected chi connectivity index (χ1v) is 7.11. The molecule has 1 aliphatic rings. The van der Waals surface area contributed by atoms with Gasteiger partial charge in [-0.2, -0.15) is 8.78 Å². The molecule has 1 amide bonds. The highest BCUT2D eigenvalue weighted by molar-refractivity contribution is 5.95. The molecule has 0 spiro atoms. The number of hydrogen-bond donors (Lipinski definition) is 2. The lowest BCUT2D eigenvalue weighted by molar-refractivity contribution is -0.130. The van der Waals surface area contributed by atoms with Gasteiger partial charge >= 0.3 is 6.61 Å². The molecule has 5 nitrogen and oxygen atoms in total. The van der Waals surface area contributed by atoms with Crippen LogP contribution in [-0.4, -0.2) is 32.3 Å². The minimum atomic E-state index is -2.91. The Kier molecular flexibility index (Phi) is 7.18. The molecule has 0 aliphatic carbocycles. The summed E-state index contributed by atoms with van der Waals surface area (Å²) in [6, 6.07) is 4.66. The Hall–Kier alpha value is -1.44. The summed E-state index contributed by atoms with van der Waals surface area (Å²) in [6.07, 6.45) is 1.09. The van der Waals surface area contributed by atoms with Crippen molar-refractivity contribution >= 4 is 24.0 Å². The summed E-state index contributed by atoms with van der Waals surface area (Å²) in [5.41, 5.74) is 6.07. The van der Waals surface area contributed by atoms with E-state index in [-0.39, 0.29) is 30.6 Å². The second-order valence-electron chi connectivity index (χ2n) is 5.41. The van der Waals surface area contributed by atoms with Crippen molar-refractivity contribution < 1.29 is 23.0 Å². The number of nitrogens with two attached hydrogens (primary N) is 1. The van der Waals surface area contributed by atoms with Gasteiger partial charge in [-0.05, 0) is 31.4 Å². The first kappa shape index (κ1) is 19.6. The van der Waals surface area contributed by atoms with Crippen molar-refractivity contribution in [2.45, 2.75) is 26.4 Å². The summed E-state index contributed by atoms with van der Waals surface area (Å²) < 4.78 is 34.4.